The van der Waals surface area contributed by atoms with E-state index in [1.165, 1.54) is 12.1 Å². The maximum Gasteiger partial charge on any atom is 0.335 e. The average Bonchev–Trinajstić information content (AvgIpc) is 2.39. The number of benzene rings is 2. The van der Waals surface area contributed by atoms with Crippen molar-refractivity contribution in [3.8, 4) is 5.75 Å². The van der Waals surface area contributed by atoms with Crippen molar-refractivity contribution in [2.45, 2.75) is 13.5 Å². The number of rotatable bonds is 4. The summed E-state index contributed by atoms with van der Waals surface area (Å²) in [7, 11) is 0. The minimum Gasteiger partial charge on any atom is -0.486 e. The minimum atomic E-state index is -1.16. The van der Waals surface area contributed by atoms with Crippen LogP contribution in [0.4, 0.5) is 4.39 Å². The molecule has 0 saturated heterocycles. The third kappa shape index (κ3) is 3.31. The second-order valence-corrected chi connectivity index (χ2v) is 4.22. The number of aromatic carboxylic acids is 1. The molecule has 0 atom stereocenters. The lowest BCUT2D eigenvalue weighted by molar-refractivity contribution is 0.0696. The highest BCUT2D eigenvalue weighted by Gasteiger charge is 2.09. The first kappa shape index (κ1) is 13.1. The second-order valence-electron chi connectivity index (χ2n) is 4.22. The number of aryl methyl sites for hydroxylation is 1. The fraction of sp³-hybridized carbons (Fsp3) is 0.133. The fourth-order valence-electron chi connectivity index (χ4n) is 1.60. The lowest BCUT2D eigenvalue weighted by Gasteiger charge is -2.08. The summed E-state index contributed by atoms with van der Waals surface area (Å²) in [5.74, 6) is -1.79. The molecule has 0 heterocycles. The number of hydrogen-bond acceptors (Lipinski definition) is 2. The van der Waals surface area contributed by atoms with Crippen LogP contribution in [0.3, 0.4) is 0 Å². The first-order valence-corrected chi connectivity index (χ1v) is 5.77. The van der Waals surface area contributed by atoms with Gasteiger partial charge in [0.1, 0.15) is 6.61 Å². The molecular weight excluding hydrogens is 247 g/mol. The maximum atomic E-state index is 13.6. The number of carboxylic acid groups (broad SMARTS) is 1. The Labute approximate surface area is 110 Å². The van der Waals surface area contributed by atoms with Gasteiger partial charge in [-0.3, -0.25) is 0 Å². The Morgan fingerprint density at radius 3 is 2.47 bits per heavy atom. The van der Waals surface area contributed by atoms with E-state index in [0.717, 1.165) is 17.2 Å². The summed E-state index contributed by atoms with van der Waals surface area (Å²) >= 11 is 0. The van der Waals surface area contributed by atoms with Crippen LogP contribution in [-0.2, 0) is 6.61 Å². The van der Waals surface area contributed by atoms with Crippen molar-refractivity contribution in [3.63, 3.8) is 0 Å². The number of halogens is 1. The van der Waals surface area contributed by atoms with Crippen LogP contribution in [0.25, 0.3) is 0 Å². The van der Waals surface area contributed by atoms with Gasteiger partial charge in [-0.05, 0) is 30.7 Å². The highest BCUT2D eigenvalue weighted by atomic mass is 19.1. The molecule has 0 radical (unpaired) electrons. The van der Waals surface area contributed by atoms with E-state index in [4.69, 9.17) is 9.84 Å². The van der Waals surface area contributed by atoms with E-state index in [-0.39, 0.29) is 17.9 Å². The third-order valence-corrected chi connectivity index (χ3v) is 2.69. The van der Waals surface area contributed by atoms with Gasteiger partial charge in [0.05, 0.1) is 5.56 Å². The number of ether oxygens (including phenoxy) is 1. The van der Waals surface area contributed by atoms with Crippen molar-refractivity contribution in [1.82, 2.24) is 0 Å². The van der Waals surface area contributed by atoms with E-state index in [0.29, 0.717) is 0 Å². The first-order chi connectivity index (χ1) is 9.06. The maximum absolute atomic E-state index is 13.6. The van der Waals surface area contributed by atoms with Crippen LogP contribution in [0, 0.1) is 12.7 Å². The summed E-state index contributed by atoms with van der Waals surface area (Å²) in [5.41, 5.74) is 1.97. The van der Waals surface area contributed by atoms with E-state index >= 15 is 0 Å². The minimum absolute atomic E-state index is 0.0468. The Kier molecular flexibility index (Phi) is 3.80. The normalized spacial score (nSPS) is 10.2. The molecule has 19 heavy (non-hydrogen) atoms. The molecule has 0 aliphatic heterocycles. The van der Waals surface area contributed by atoms with Crippen molar-refractivity contribution >= 4 is 5.97 Å². The molecule has 2 aromatic rings. The molecule has 0 aromatic heterocycles. The Morgan fingerprint density at radius 2 is 1.89 bits per heavy atom. The zero-order chi connectivity index (χ0) is 13.8. The summed E-state index contributed by atoms with van der Waals surface area (Å²) in [4.78, 5) is 10.7. The van der Waals surface area contributed by atoms with Crippen molar-refractivity contribution in [1.29, 1.82) is 0 Å². The van der Waals surface area contributed by atoms with Crippen LogP contribution >= 0.6 is 0 Å². The standard InChI is InChI=1S/C15H13FO3/c1-10-2-4-11(5-3-10)9-19-14-7-6-12(15(17)18)8-13(14)16/h2-8H,9H2,1H3,(H,17,18). The quantitative estimate of drug-likeness (QED) is 0.916. The van der Waals surface area contributed by atoms with E-state index < -0.39 is 11.8 Å². The van der Waals surface area contributed by atoms with Gasteiger partial charge in [0, 0.05) is 0 Å². The zero-order valence-electron chi connectivity index (χ0n) is 10.4. The first-order valence-electron chi connectivity index (χ1n) is 5.77. The van der Waals surface area contributed by atoms with E-state index in [9.17, 15) is 9.18 Å². The van der Waals surface area contributed by atoms with Crippen LogP contribution in [0.1, 0.15) is 21.5 Å². The van der Waals surface area contributed by atoms with Crippen molar-refractivity contribution < 1.29 is 19.0 Å². The molecule has 0 spiro atoms. The SMILES string of the molecule is Cc1ccc(COc2ccc(C(=O)O)cc2F)cc1. The number of hydrogen-bond donors (Lipinski definition) is 1. The number of carbonyl (C=O) groups is 1. The summed E-state index contributed by atoms with van der Waals surface area (Å²) in [6.07, 6.45) is 0. The monoisotopic (exact) mass is 260 g/mol. The van der Waals surface area contributed by atoms with Crippen molar-refractivity contribution in [2.75, 3.05) is 0 Å². The molecule has 0 aliphatic rings. The third-order valence-electron chi connectivity index (χ3n) is 2.69. The van der Waals surface area contributed by atoms with Crippen LogP contribution in [0.5, 0.6) is 5.75 Å². The Morgan fingerprint density at radius 1 is 1.21 bits per heavy atom. The molecule has 0 bridgehead atoms. The highest BCUT2D eigenvalue weighted by Crippen LogP contribution is 2.19. The molecule has 0 amide bonds. The van der Waals surface area contributed by atoms with E-state index in [1.54, 1.807) is 0 Å². The Bertz CT molecular complexity index is 591. The molecule has 98 valence electrons. The Hall–Kier alpha value is -2.36. The summed E-state index contributed by atoms with van der Waals surface area (Å²) in [6, 6.07) is 11.3. The van der Waals surface area contributed by atoms with Gasteiger partial charge >= 0.3 is 5.97 Å². The molecule has 0 unspecified atom stereocenters. The average molecular weight is 260 g/mol. The van der Waals surface area contributed by atoms with Crippen LogP contribution in [0.2, 0.25) is 0 Å². The van der Waals surface area contributed by atoms with Crippen LogP contribution in [0.15, 0.2) is 42.5 Å². The van der Waals surface area contributed by atoms with Gasteiger partial charge in [0.2, 0.25) is 0 Å². The highest BCUT2D eigenvalue weighted by molar-refractivity contribution is 5.87. The molecule has 0 fully saturated rings. The van der Waals surface area contributed by atoms with Gasteiger partial charge in [-0.1, -0.05) is 29.8 Å². The van der Waals surface area contributed by atoms with Gasteiger partial charge in [0.15, 0.2) is 11.6 Å². The second kappa shape index (κ2) is 5.52. The van der Waals surface area contributed by atoms with Gasteiger partial charge in [0.25, 0.3) is 0 Å². The smallest absolute Gasteiger partial charge is 0.335 e. The van der Waals surface area contributed by atoms with Crippen LogP contribution < -0.4 is 4.74 Å². The van der Waals surface area contributed by atoms with Crippen LogP contribution in [-0.4, -0.2) is 11.1 Å². The molecule has 0 aliphatic carbocycles. The molecule has 2 aromatic carbocycles. The lowest BCUT2D eigenvalue weighted by atomic mass is 10.2. The largest absolute Gasteiger partial charge is 0.486 e. The summed E-state index contributed by atoms with van der Waals surface area (Å²) in [5, 5.41) is 8.73. The molecule has 3 nitrogen and oxygen atoms in total. The molecule has 2 rings (SSSR count). The molecule has 4 heteroatoms. The van der Waals surface area contributed by atoms with Crippen molar-refractivity contribution in [3.05, 3.63) is 65.0 Å². The van der Waals surface area contributed by atoms with Gasteiger partial charge in [-0.2, -0.15) is 0 Å². The molecule has 1 N–H and O–H groups in total. The molecular formula is C15H13FO3. The topological polar surface area (TPSA) is 46.5 Å². The lowest BCUT2D eigenvalue weighted by Crippen LogP contribution is -2.01. The number of carboxylic acids is 1. The fourth-order valence-corrected chi connectivity index (χ4v) is 1.60. The van der Waals surface area contributed by atoms with Gasteiger partial charge in [-0.25, -0.2) is 9.18 Å². The molecule has 0 saturated carbocycles. The predicted molar refractivity (Wildman–Crippen MR) is 68.9 cm³/mol. The predicted octanol–water partition coefficient (Wildman–Crippen LogP) is 3.41. The Balaban J connectivity index is 2.07. The van der Waals surface area contributed by atoms with Crippen molar-refractivity contribution in [2.24, 2.45) is 0 Å². The summed E-state index contributed by atoms with van der Waals surface area (Å²) < 4.78 is 18.9. The van der Waals surface area contributed by atoms with E-state index in [2.05, 4.69) is 0 Å². The van der Waals surface area contributed by atoms with E-state index in [1.807, 2.05) is 31.2 Å². The van der Waals surface area contributed by atoms with Gasteiger partial charge < -0.3 is 9.84 Å². The zero-order valence-corrected chi connectivity index (χ0v) is 10.4. The summed E-state index contributed by atoms with van der Waals surface area (Å²) in [6.45, 7) is 2.22. The van der Waals surface area contributed by atoms with Gasteiger partial charge in [-0.15, -0.1) is 0 Å².